The first-order valence-corrected chi connectivity index (χ1v) is 11.8. The minimum atomic E-state index is 0.191. The number of nitrogens with zero attached hydrogens (tertiary/aromatic N) is 3. The van der Waals surface area contributed by atoms with Crippen LogP contribution in [-0.4, -0.2) is 54.8 Å². The van der Waals surface area contributed by atoms with E-state index in [0.717, 1.165) is 36.9 Å². The maximum absolute atomic E-state index is 12.1. The highest BCUT2D eigenvalue weighted by atomic mass is 16.5. The Labute approximate surface area is 201 Å². The van der Waals surface area contributed by atoms with Crippen molar-refractivity contribution < 1.29 is 14.3 Å². The minimum absolute atomic E-state index is 0.191. The number of carbonyl (C=O) groups is 1. The van der Waals surface area contributed by atoms with Gasteiger partial charge in [0.1, 0.15) is 5.82 Å². The summed E-state index contributed by atoms with van der Waals surface area (Å²) in [7, 11) is 3.25. The van der Waals surface area contributed by atoms with Gasteiger partial charge in [-0.3, -0.25) is 4.79 Å². The summed E-state index contributed by atoms with van der Waals surface area (Å²) in [6, 6.07) is 3.59. The fourth-order valence-corrected chi connectivity index (χ4v) is 3.70. The van der Waals surface area contributed by atoms with E-state index >= 15 is 0 Å². The van der Waals surface area contributed by atoms with E-state index in [1.54, 1.807) is 32.7 Å². The van der Waals surface area contributed by atoms with Crippen LogP contribution in [0, 0.1) is 17.8 Å². The second-order valence-electron chi connectivity index (χ2n) is 8.12. The summed E-state index contributed by atoms with van der Waals surface area (Å²) in [6.07, 6.45) is 10.1. The molecule has 1 fully saturated rings. The predicted molar refractivity (Wildman–Crippen MR) is 132 cm³/mol. The summed E-state index contributed by atoms with van der Waals surface area (Å²) in [5.74, 6) is 8.36. The first-order valence-electron chi connectivity index (χ1n) is 11.8. The van der Waals surface area contributed by atoms with E-state index in [4.69, 9.17) is 9.47 Å². The summed E-state index contributed by atoms with van der Waals surface area (Å²) in [4.78, 5) is 25.2. The standard InChI is InChI=1S/C25H34N6O3/c1-33-16-8-14-27-23-20(11-4-3-7-13-28-24(32)19-9-5-6-10-19)18-29-25(31-23)30-21-12-15-26-22(17-21)34-2/h12,15,17-19H,3,5-10,13-14,16H2,1-2H3,(H,28,32)(H2,26,27,29,30,31). The van der Waals surface area contributed by atoms with Crippen LogP contribution >= 0.6 is 0 Å². The smallest absolute Gasteiger partial charge is 0.229 e. The Kier molecular flexibility index (Phi) is 10.4. The lowest BCUT2D eigenvalue weighted by atomic mass is 10.1. The van der Waals surface area contributed by atoms with Gasteiger partial charge >= 0.3 is 0 Å². The quantitative estimate of drug-likeness (QED) is 0.322. The highest BCUT2D eigenvalue weighted by molar-refractivity contribution is 5.78. The molecule has 0 radical (unpaired) electrons. The average Bonchev–Trinajstić information content (AvgIpc) is 3.40. The van der Waals surface area contributed by atoms with Crippen LogP contribution in [0.15, 0.2) is 24.5 Å². The summed E-state index contributed by atoms with van der Waals surface area (Å²) in [5, 5.41) is 9.53. The molecule has 0 unspecified atom stereocenters. The largest absolute Gasteiger partial charge is 0.481 e. The van der Waals surface area contributed by atoms with Gasteiger partial charge in [0.25, 0.3) is 0 Å². The Morgan fingerprint density at radius 2 is 2.03 bits per heavy atom. The average molecular weight is 467 g/mol. The van der Waals surface area contributed by atoms with Crippen LogP contribution in [-0.2, 0) is 9.53 Å². The van der Waals surface area contributed by atoms with Gasteiger partial charge in [-0.15, -0.1) is 0 Å². The molecule has 0 spiro atoms. The monoisotopic (exact) mass is 466 g/mol. The van der Waals surface area contributed by atoms with Crippen molar-refractivity contribution in [3.63, 3.8) is 0 Å². The fraction of sp³-hybridized carbons (Fsp3) is 0.520. The molecule has 2 aromatic rings. The van der Waals surface area contributed by atoms with E-state index in [1.165, 1.54) is 12.8 Å². The predicted octanol–water partition coefficient (Wildman–Crippen LogP) is 3.51. The molecule has 0 bridgehead atoms. The zero-order valence-electron chi connectivity index (χ0n) is 20.0. The highest BCUT2D eigenvalue weighted by Crippen LogP contribution is 2.24. The lowest BCUT2D eigenvalue weighted by Gasteiger charge is -2.11. The highest BCUT2D eigenvalue weighted by Gasteiger charge is 2.21. The van der Waals surface area contributed by atoms with Gasteiger partial charge in [0, 0.05) is 57.1 Å². The Morgan fingerprint density at radius 1 is 1.18 bits per heavy atom. The molecule has 1 saturated carbocycles. The van der Waals surface area contributed by atoms with Gasteiger partial charge in [-0.05, 0) is 31.7 Å². The number of ether oxygens (including phenoxy) is 2. The Morgan fingerprint density at radius 3 is 2.82 bits per heavy atom. The first-order chi connectivity index (χ1) is 16.7. The SMILES string of the molecule is COCCCNc1nc(Nc2ccnc(OC)c2)ncc1C#CCCCNC(=O)C1CCCC1. The number of hydrogen-bond donors (Lipinski definition) is 3. The topological polar surface area (TPSA) is 110 Å². The summed E-state index contributed by atoms with van der Waals surface area (Å²) in [5.41, 5.74) is 1.50. The van der Waals surface area contributed by atoms with Crippen molar-refractivity contribution in [1.82, 2.24) is 20.3 Å². The van der Waals surface area contributed by atoms with Crippen LogP contribution in [0.4, 0.5) is 17.5 Å². The number of pyridine rings is 1. The number of anilines is 3. The third-order valence-electron chi connectivity index (χ3n) is 5.53. The van der Waals surface area contributed by atoms with E-state index in [0.29, 0.717) is 43.8 Å². The number of aromatic nitrogens is 3. The number of carbonyl (C=O) groups excluding carboxylic acids is 1. The number of unbranched alkanes of at least 4 members (excludes halogenated alkanes) is 1. The molecule has 3 rings (SSSR count). The number of hydrogen-bond acceptors (Lipinski definition) is 8. The Hall–Kier alpha value is -3.38. The van der Waals surface area contributed by atoms with Crippen molar-refractivity contribution in [2.24, 2.45) is 5.92 Å². The van der Waals surface area contributed by atoms with Crippen molar-refractivity contribution in [3.05, 3.63) is 30.1 Å². The number of amides is 1. The second-order valence-corrected chi connectivity index (χ2v) is 8.12. The molecule has 0 atom stereocenters. The second kappa shape index (κ2) is 14.0. The Bertz CT molecular complexity index is 982. The van der Waals surface area contributed by atoms with Crippen molar-refractivity contribution >= 4 is 23.4 Å². The van der Waals surface area contributed by atoms with Gasteiger partial charge in [-0.25, -0.2) is 9.97 Å². The van der Waals surface area contributed by atoms with Gasteiger partial charge in [0.15, 0.2) is 0 Å². The van der Waals surface area contributed by atoms with Gasteiger partial charge < -0.3 is 25.4 Å². The molecule has 2 heterocycles. The molecule has 1 amide bonds. The zero-order chi connectivity index (χ0) is 24.0. The molecule has 0 aromatic carbocycles. The van der Waals surface area contributed by atoms with Crippen molar-refractivity contribution in [2.45, 2.75) is 44.9 Å². The fourth-order valence-electron chi connectivity index (χ4n) is 3.70. The number of rotatable bonds is 12. The molecule has 34 heavy (non-hydrogen) atoms. The number of methoxy groups -OCH3 is 2. The molecule has 182 valence electrons. The van der Waals surface area contributed by atoms with Crippen LogP contribution in [0.5, 0.6) is 5.88 Å². The lowest BCUT2D eigenvalue weighted by molar-refractivity contribution is -0.124. The van der Waals surface area contributed by atoms with Crippen molar-refractivity contribution in [3.8, 4) is 17.7 Å². The summed E-state index contributed by atoms with van der Waals surface area (Å²) >= 11 is 0. The molecular formula is C25H34N6O3. The molecule has 1 aliphatic rings. The molecular weight excluding hydrogens is 432 g/mol. The number of nitrogens with one attached hydrogen (secondary N) is 3. The Balaban J connectivity index is 1.57. The molecule has 2 aromatic heterocycles. The van der Waals surface area contributed by atoms with Crippen molar-refractivity contribution in [2.75, 3.05) is 44.5 Å². The normalized spacial score (nSPS) is 13.1. The third-order valence-corrected chi connectivity index (χ3v) is 5.53. The van der Waals surface area contributed by atoms with E-state index in [-0.39, 0.29) is 11.8 Å². The van der Waals surface area contributed by atoms with Crippen LogP contribution in [0.25, 0.3) is 0 Å². The first kappa shape index (κ1) is 25.2. The molecule has 9 heteroatoms. The van der Waals surface area contributed by atoms with Crippen LogP contribution in [0.3, 0.4) is 0 Å². The van der Waals surface area contributed by atoms with Gasteiger partial charge in [-0.1, -0.05) is 24.7 Å². The molecule has 1 aliphatic carbocycles. The van der Waals surface area contributed by atoms with Gasteiger partial charge in [0.05, 0.1) is 18.9 Å². The summed E-state index contributed by atoms with van der Waals surface area (Å²) in [6.45, 7) is 2.02. The van der Waals surface area contributed by atoms with Crippen LogP contribution in [0.1, 0.15) is 50.5 Å². The van der Waals surface area contributed by atoms with Gasteiger partial charge in [0.2, 0.25) is 17.7 Å². The van der Waals surface area contributed by atoms with E-state index in [2.05, 4.69) is 42.7 Å². The van der Waals surface area contributed by atoms with Gasteiger partial charge in [-0.2, -0.15) is 4.98 Å². The van der Waals surface area contributed by atoms with Crippen LogP contribution < -0.4 is 20.7 Å². The van der Waals surface area contributed by atoms with E-state index in [1.807, 2.05) is 6.07 Å². The molecule has 9 nitrogen and oxygen atoms in total. The lowest BCUT2D eigenvalue weighted by Crippen LogP contribution is -2.29. The maximum atomic E-state index is 12.1. The maximum Gasteiger partial charge on any atom is 0.229 e. The summed E-state index contributed by atoms with van der Waals surface area (Å²) < 4.78 is 10.3. The van der Waals surface area contributed by atoms with Crippen molar-refractivity contribution in [1.29, 1.82) is 0 Å². The van der Waals surface area contributed by atoms with E-state index in [9.17, 15) is 4.79 Å². The van der Waals surface area contributed by atoms with Crippen LogP contribution in [0.2, 0.25) is 0 Å². The molecule has 0 saturated heterocycles. The molecule has 3 N–H and O–H groups in total. The molecule has 0 aliphatic heterocycles. The minimum Gasteiger partial charge on any atom is -0.481 e. The van der Waals surface area contributed by atoms with E-state index < -0.39 is 0 Å². The third kappa shape index (κ3) is 8.19. The zero-order valence-corrected chi connectivity index (χ0v) is 20.0.